The minimum atomic E-state index is 0.500. The molecule has 0 aliphatic carbocycles. The molecule has 0 aliphatic heterocycles. The standard InChI is InChI=1S/C14H17ClN4O2/c1-3-5-21-14-12(15)6-11(7-13(14)20-4-2)8-18-19-9-16-17-10-19/h6-10H,3-5H2,1-2H3/b18-8-. The molecule has 21 heavy (non-hydrogen) atoms. The largest absolute Gasteiger partial charge is 0.490 e. The number of aromatic nitrogens is 3. The van der Waals surface area contributed by atoms with Crippen molar-refractivity contribution in [3.63, 3.8) is 0 Å². The first-order chi connectivity index (χ1) is 10.2. The molecule has 0 saturated carbocycles. The van der Waals surface area contributed by atoms with E-state index >= 15 is 0 Å². The first-order valence-corrected chi connectivity index (χ1v) is 7.10. The highest BCUT2D eigenvalue weighted by Gasteiger charge is 2.11. The molecule has 0 unspecified atom stereocenters. The van der Waals surface area contributed by atoms with Crippen molar-refractivity contribution in [1.82, 2.24) is 14.9 Å². The number of halogens is 1. The van der Waals surface area contributed by atoms with E-state index in [1.165, 1.54) is 17.3 Å². The van der Waals surface area contributed by atoms with E-state index in [2.05, 4.69) is 15.3 Å². The van der Waals surface area contributed by atoms with Gasteiger partial charge in [0.1, 0.15) is 12.7 Å². The average molecular weight is 309 g/mol. The van der Waals surface area contributed by atoms with Gasteiger partial charge >= 0.3 is 0 Å². The SMILES string of the molecule is CCCOc1c(Cl)cc(/C=N\n2cnnc2)cc1OCC. The third-order valence-corrected chi connectivity index (χ3v) is 2.81. The molecule has 0 bridgehead atoms. The summed E-state index contributed by atoms with van der Waals surface area (Å²) in [6, 6.07) is 3.62. The smallest absolute Gasteiger partial charge is 0.179 e. The summed E-state index contributed by atoms with van der Waals surface area (Å²) in [4.78, 5) is 0. The fraction of sp³-hybridized carbons (Fsp3) is 0.357. The lowest BCUT2D eigenvalue weighted by Crippen LogP contribution is -2.01. The Morgan fingerprint density at radius 1 is 1.24 bits per heavy atom. The molecule has 7 heteroatoms. The van der Waals surface area contributed by atoms with E-state index in [0.717, 1.165) is 12.0 Å². The van der Waals surface area contributed by atoms with E-state index in [1.807, 2.05) is 19.9 Å². The Hall–Kier alpha value is -2.08. The summed E-state index contributed by atoms with van der Waals surface area (Å²) in [5, 5.41) is 12.0. The van der Waals surface area contributed by atoms with Crippen molar-refractivity contribution >= 4 is 17.8 Å². The molecule has 0 fully saturated rings. The van der Waals surface area contributed by atoms with Crippen molar-refractivity contribution in [2.75, 3.05) is 13.2 Å². The zero-order valence-corrected chi connectivity index (χ0v) is 12.7. The van der Waals surface area contributed by atoms with Crippen LogP contribution in [0.3, 0.4) is 0 Å². The van der Waals surface area contributed by atoms with Crippen molar-refractivity contribution in [3.05, 3.63) is 35.4 Å². The molecule has 0 N–H and O–H groups in total. The first-order valence-electron chi connectivity index (χ1n) is 6.72. The van der Waals surface area contributed by atoms with Crippen LogP contribution in [-0.4, -0.2) is 34.3 Å². The molecule has 0 aliphatic rings. The maximum atomic E-state index is 6.27. The number of rotatable bonds is 7. The second-order valence-corrected chi connectivity index (χ2v) is 4.61. The Morgan fingerprint density at radius 2 is 2.00 bits per heavy atom. The van der Waals surface area contributed by atoms with Gasteiger partial charge in [-0.25, -0.2) is 4.68 Å². The predicted octanol–water partition coefficient (Wildman–Crippen LogP) is 3.00. The van der Waals surface area contributed by atoms with Crippen LogP contribution in [0.5, 0.6) is 11.5 Å². The molecule has 0 saturated heterocycles. The highest BCUT2D eigenvalue weighted by molar-refractivity contribution is 6.32. The zero-order valence-electron chi connectivity index (χ0n) is 12.0. The Balaban J connectivity index is 2.27. The Kier molecular flexibility index (Phi) is 5.57. The fourth-order valence-corrected chi connectivity index (χ4v) is 1.93. The molecule has 0 radical (unpaired) electrons. The minimum Gasteiger partial charge on any atom is -0.490 e. The van der Waals surface area contributed by atoms with Gasteiger partial charge in [0, 0.05) is 0 Å². The maximum Gasteiger partial charge on any atom is 0.179 e. The van der Waals surface area contributed by atoms with Crippen molar-refractivity contribution < 1.29 is 9.47 Å². The second kappa shape index (κ2) is 7.64. The van der Waals surface area contributed by atoms with Gasteiger partial charge in [0.15, 0.2) is 11.5 Å². The Morgan fingerprint density at radius 3 is 2.67 bits per heavy atom. The molecule has 0 spiro atoms. The van der Waals surface area contributed by atoms with Gasteiger partial charge < -0.3 is 9.47 Å². The van der Waals surface area contributed by atoms with Gasteiger partial charge in [-0.05, 0) is 31.0 Å². The molecular weight excluding hydrogens is 292 g/mol. The monoisotopic (exact) mass is 308 g/mol. The topological polar surface area (TPSA) is 61.5 Å². The number of hydrogen-bond acceptors (Lipinski definition) is 5. The third-order valence-electron chi connectivity index (χ3n) is 2.53. The molecule has 112 valence electrons. The molecule has 1 heterocycles. The maximum absolute atomic E-state index is 6.27. The lowest BCUT2D eigenvalue weighted by Gasteiger charge is -2.13. The van der Waals surface area contributed by atoms with Crippen LogP contribution < -0.4 is 9.47 Å². The highest BCUT2D eigenvalue weighted by Crippen LogP contribution is 2.36. The summed E-state index contributed by atoms with van der Waals surface area (Å²) in [5.74, 6) is 1.19. The summed E-state index contributed by atoms with van der Waals surface area (Å²) in [6.45, 7) is 5.07. The Labute approximate surface area is 128 Å². The van der Waals surface area contributed by atoms with Crippen LogP contribution in [0.15, 0.2) is 29.9 Å². The summed E-state index contributed by atoms with van der Waals surface area (Å²) in [5.41, 5.74) is 0.806. The molecule has 0 atom stereocenters. The highest BCUT2D eigenvalue weighted by atomic mass is 35.5. The second-order valence-electron chi connectivity index (χ2n) is 4.20. The lowest BCUT2D eigenvalue weighted by molar-refractivity contribution is 0.277. The first kappa shape index (κ1) is 15.3. The molecule has 0 amide bonds. The van der Waals surface area contributed by atoms with Gasteiger partial charge in [0.2, 0.25) is 0 Å². The average Bonchev–Trinajstić information content (AvgIpc) is 2.98. The summed E-state index contributed by atoms with van der Waals surface area (Å²) >= 11 is 6.27. The van der Waals surface area contributed by atoms with Crippen LogP contribution in [0, 0.1) is 0 Å². The predicted molar refractivity (Wildman–Crippen MR) is 81.4 cm³/mol. The van der Waals surface area contributed by atoms with Gasteiger partial charge in [-0.2, -0.15) is 5.10 Å². The normalized spacial score (nSPS) is 11.0. The minimum absolute atomic E-state index is 0.500. The van der Waals surface area contributed by atoms with Crippen molar-refractivity contribution in [3.8, 4) is 11.5 Å². The fourth-order valence-electron chi connectivity index (χ4n) is 1.66. The Bertz CT molecular complexity index is 599. The molecule has 1 aromatic heterocycles. The number of benzene rings is 1. The molecule has 1 aromatic carbocycles. The molecular formula is C14H17ClN4O2. The van der Waals surface area contributed by atoms with Crippen LogP contribution in [0.25, 0.3) is 0 Å². The van der Waals surface area contributed by atoms with Gasteiger partial charge in [-0.15, -0.1) is 10.2 Å². The number of hydrogen-bond donors (Lipinski definition) is 0. The van der Waals surface area contributed by atoms with E-state index < -0.39 is 0 Å². The van der Waals surface area contributed by atoms with E-state index in [4.69, 9.17) is 21.1 Å². The number of nitrogens with zero attached hydrogens (tertiary/aromatic N) is 4. The van der Waals surface area contributed by atoms with Crippen LogP contribution in [0.4, 0.5) is 0 Å². The summed E-state index contributed by atoms with van der Waals surface area (Å²) < 4.78 is 12.7. The summed E-state index contributed by atoms with van der Waals surface area (Å²) in [7, 11) is 0. The van der Waals surface area contributed by atoms with Crippen molar-refractivity contribution in [2.45, 2.75) is 20.3 Å². The van der Waals surface area contributed by atoms with Crippen LogP contribution in [0.2, 0.25) is 5.02 Å². The molecule has 2 rings (SSSR count). The van der Waals surface area contributed by atoms with E-state index in [0.29, 0.717) is 29.7 Å². The van der Waals surface area contributed by atoms with Gasteiger partial charge in [0.25, 0.3) is 0 Å². The van der Waals surface area contributed by atoms with Crippen molar-refractivity contribution in [1.29, 1.82) is 0 Å². The van der Waals surface area contributed by atoms with Crippen LogP contribution in [0.1, 0.15) is 25.8 Å². The van der Waals surface area contributed by atoms with E-state index in [1.54, 1.807) is 12.3 Å². The number of ether oxygens (including phenoxy) is 2. The van der Waals surface area contributed by atoms with E-state index in [-0.39, 0.29) is 0 Å². The van der Waals surface area contributed by atoms with Crippen molar-refractivity contribution in [2.24, 2.45) is 5.10 Å². The zero-order chi connectivity index (χ0) is 15.1. The van der Waals surface area contributed by atoms with Crippen LogP contribution in [-0.2, 0) is 0 Å². The van der Waals surface area contributed by atoms with Gasteiger partial charge in [0.05, 0.1) is 24.5 Å². The van der Waals surface area contributed by atoms with Gasteiger partial charge in [-0.1, -0.05) is 18.5 Å². The summed E-state index contributed by atoms with van der Waals surface area (Å²) in [6.07, 6.45) is 5.56. The molecule has 6 nitrogen and oxygen atoms in total. The quantitative estimate of drug-likeness (QED) is 0.738. The third kappa shape index (κ3) is 4.19. The van der Waals surface area contributed by atoms with Crippen LogP contribution >= 0.6 is 11.6 Å². The van der Waals surface area contributed by atoms with Gasteiger partial charge in [-0.3, -0.25) is 0 Å². The molecule has 2 aromatic rings. The van der Waals surface area contributed by atoms with E-state index in [9.17, 15) is 0 Å². The lowest BCUT2D eigenvalue weighted by atomic mass is 10.2.